The molecule has 1 aliphatic rings. The minimum Gasteiger partial charge on any atom is -0.469 e. The highest BCUT2D eigenvalue weighted by molar-refractivity contribution is 9.10. The lowest BCUT2D eigenvalue weighted by molar-refractivity contribution is 0.168. The van der Waals surface area contributed by atoms with Gasteiger partial charge in [-0.3, -0.25) is 0 Å². The molecule has 1 N–H and O–H groups in total. The van der Waals surface area contributed by atoms with Crippen molar-refractivity contribution in [3.63, 3.8) is 0 Å². The second kappa shape index (κ2) is 5.94. The number of nitrogens with zero attached hydrogens (tertiary/aromatic N) is 1. The molecular weight excluding hydrogens is 318 g/mol. The lowest BCUT2D eigenvalue weighted by Crippen LogP contribution is -2.16. The van der Waals surface area contributed by atoms with Gasteiger partial charge in [0, 0.05) is 16.2 Å². The van der Waals surface area contributed by atoms with Crippen LogP contribution < -0.4 is 4.74 Å². The molecule has 0 fully saturated rings. The molecule has 0 radical (unpaired) electrons. The SMILES string of the molecule is OCc1cc(Br)cnc1OC1CCCc2ccccc21. The maximum absolute atomic E-state index is 9.43. The van der Waals surface area contributed by atoms with Crippen molar-refractivity contribution in [2.45, 2.75) is 32.0 Å². The van der Waals surface area contributed by atoms with Gasteiger partial charge in [-0.05, 0) is 52.4 Å². The number of aliphatic hydroxyl groups is 1. The summed E-state index contributed by atoms with van der Waals surface area (Å²) in [7, 11) is 0. The molecule has 4 heteroatoms. The molecule has 1 aromatic heterocycles. The minimum absolute atomic E-state index is 0.0268. The van der Waals surface area contributed by atoms with Gasteiger partial charge in [0.25, 0.3) is 0 Å². The van der Waals surface area contributed by atoms with Crippen LogP contribution in [-0.4, -0.2) is 10.1 Å². The van der Waals surface area contributed by atoms with Gasteiger partial charge in [-0.15, -0.1) is 0 Å². The molecule has 0 bridgehead atoms. The van der Waals surface area contributed by atoms with Crippen LogP contribution in [0.5, 0.6) is 5.88 Å². The highest BCUT2D eigenvalue weighted by Gasteiger charge is 2.22. The fourth-order valence-electron chi connectivity index (χ4n) is 2.65. The highest BCUT2D eigenvalue weighted by Crippen LogP contribution is 2.34. The van der Waals surface area contributed by atoms with E-state index in [1.54, 1.807) is 6.20 Å². The van der Waals surface area contributed by atoms with Crippen LogP contribution in [0.15, 0.2) is 41.0 Å². The summed E-state index contributed by atoms with van der Waals surface area (Å²) in [5.41, 5.74) is 3.31. The van der Waals surface area contributed by atoms with Gasteiger partial charge in [0.1, 0.15) is 6.10 Å². The Hall–Kier alpha value is -1.39. The van der Waals surface area contributed by atoms with Gasteiger partial charge in [0.2, 0.25) is 5.88 Å². The number of aryl methyl sites for hydroxylation is 1. The largest absolute Gasteiger partial charge is 0.469 e. The average Bonchev–Trinajstić information content (AvgIpc) is 2.49. The van der Waals surface area contributed by atoms with Gasteiger partial charge < -0.3 is 9.84 Å². The Morgan fingerprint density at radius 3 is 3.05 bits per heavy atom. The number of benzene rings is 1. The minimum atomic E-state index is -0.0733. The summed E-state index contributed by atoms with van der Waals surface area (Å²) >= 11 is 3.36. The normalized spacial score (nSPS) is 17.6. The summed E-state index contributed by atoms with van der Waals surface area (Å²) in [5.74, 6) is 0.525. The molecule has 1 unspecified atom stereocenters. The summed E-state index contributed by atoms with van der Waals surface area (Å²) < 4.78 is 6.91. The topological polar surface area (TPSA) is 42.4 Å². The molecule has 0 amide bonds. The average molecular weight is 334 g/mol. The van der Waals surface area contributed by atoms with Crippen LogP contribution in [0, 0.1) is 0 Å². The van der Waals surface area contributed by atoms with Gasteiger partial charge in [0.05, 0.1) is 6.61 Å². The van der Waals surface area contributed by atoms with E-state index >= 15 is 0 Å². The molecule has 0 saturated carbocycles. The van der Waals surface area contributed by atoms with E-state index in [9.17, 15) is 5.11 Å². The zero-order valence-corrected chi connectivity index (χ0v) is 12.6. The predicted octanol–water partition coefficient (Wildman–Crippen LogP) is 3.79. The van der Waals surface area contributed by atoms with Crippen LogP contribution in [0.2, 0.25) is 0 Å². The summed E-state index contributed by atoms with van der Waals surface area (Å²) in [5, 5.41) is 9.43. The fourth-order valence-corrected chi connectivity index (χ4v) is 3.03. The van der Waals surface area contributed by atoms with E-state index < -0.39 is 0 Å². The van der Waals surface area contributed by atoms with Crippen LogP contribution in [-0.2, 0) is 13.0 Å². The third-order valence-electron chi connectivity index (χ3n) is 3.63. The smallest absolute Gasteiger partial charge is 0.219 e. The molecule has 2 aromatic rings. The van der Waals surface area contributed by atoms with Crippen molar-refractivity contribution >= 4 is 15.9 Å². The molecule has 1 heterocycles. The number of rotatable bonds is 3. The maximum atomic E-state index is 9.43. The quantitative estimate of drug-likeness (QED) is 0.929. The zero-order chi connectivity index (χ0) is 13.9. The first kappa shape index (κ1) is 13.6. The number of fused-ring (bicyclic) bond motifs is 1. The van der Waals surface area contributed by atoms with E-state index in [0.29, 0.717) is 11.4 Å². The lowest BCUT2D eigenvalue weighted by Gasteiger charge is -2.26. The molecule has 3 nitrogen and oxygen atoms in total. The lowest BCUT2D eigenvalue weighted by atomic mass is 9.89. The van der Waals surface area contributed by atoms with E-state index in [0.717, 1.165) is 23.7 Å². The Labute approximate surface area is 126 Å². The van der Waals surface area contributed by atoms with Crippen LogP contribution in [0.1, 0.15) is 35.6 Å². The van der Waals surface area contributed by atoms with E-state index in [2.05, 4.69) is 39.1 Å². The number of ether oxygens (including phenoxy) is 1. The van der Waals surface area contributed by atoms with Gasteiger partial charge in [-0.1, -0.05) is 24.3 Å². The van der Waals surface area contributed by atoms with Crippen molar-refractivity contribution in [3.05, 3.63) is 57.7 Å². The second-order valence-electron chi connectivity index (χ2n) is 4.97. The van der Waals surface area contributed by atoms with Crippen LogP contribution >= 0.6 is 15.9 Å². The first-order valence-electron chi connectivity index (χ1n) is 6.77. The summed E-state index contributed by atoms with van der Waals surface area (Å²) in [6.07, 6.45) is 4.94. The van der Waals surface area contributed by atoms with Gasteiger partial charge in [-0.2, -0.15) is 0 Å². The van der Waals surface area contributed by atoms with Crippen LogP contribution in [0.4, 0.5) is 0 Å². The Morgan fingerprint density at radius 1 is 1.35 bits per heavy atom. The molecule has 1 aromatic carbocycles. The number of halogens is 1. The Morgan fingerprint density at radius 2 is 2.20 bits per heavy atom. The van der Waals surface area contributed by atoms with Crippen LogP contribution in [0.3, 0.4) is 0 Å². The van der Waals surface area contributed by atoms with Crippen LogP contribution in [0.25, 0.3) is 0 Å². The standard InChI is InChI=1S/C16H16BrNO2/c17-13-8-12(10-19)16(18-9-13)20-15-7-3-5-11-4-1-2-6-14(11)15/h1-2,4,6,8-9,15,19H,3,5,7,10H2. The summed E-state index contributed by atoms with van der Waals surface area (Å²) in [6.45, 7) is -0.0733. The summed E-state index contributed by atoms with van der Waals surface area (Å²) in [6, 6.07) is 10.2. The first-order valence-corrected chi connectivity index (χ1v) is 7.57. The van der Waals surface area contributed by atoms with Gasteiger partial charge >= 0.3 is 0 Å². The third-order valence-corrected chi connectivity index (χ3v) is 4.06. The number of aromatic nitrogens is 1. The maximum Gasteiger partial charge on any atom is 0.219 e. The monoisotopic (exact) mass is 333 g/mol. The molecule has 0 aliphatic heterocycles. The Kier molecular flexibility index (Phi) is 4.03. The molecule has 1 atom stereocenters. The highest BCUT2D eigenvalue weighted by atomic mass is 79.9. The summed E-state index contributed by atoms with van der Waals surface area (Å²) in [4.78, 5) is 4.29. The predicted molar refractivity (Wildman–Crippen MR) is 80.6 cm³/mol. The van der Waals surface area contributed by atoms with Crippen molar-refractivity contribution in [3.8, 4) is 5.88 Å². The van der Waals surface area contributed by atoms with Crippen molar-refractivity contribution < 1.29 is 9.84 Å². The van der Waals surface area contributed by atoms with Gasteiger partial charge in [0.15, 0.2) is 0 Å². The molecule has 1 aliphatic carbocycles. The number of hydrogen-bond acceptors (Lipinski definition) is 3. The number of aliphatic hydroxyl groups excluding tert-OH is 1. The van der Waals surface area contributed by atoms with E-state index in [1.807, 2.05) is 12.1 Å². The molecule has 0 spiro atoms. The van der Waals surface area contributed by atoms with E-state index in [-0.39, 0.29) is 12.7 Å². The van der Waals surface area contributed by atoms with Crippen molar-refractivity contribution in [1.82, 2.24) is 4.98 Å². The zero-order valence-electron chi connectivity index (χ0n) is 11.1. The third kappa shape index (κ3) is 2.72. The number of pyridine rings is 1. The molecule has 104 valence electrons. The van der Waals surface area contributed by atoms with Crippen molar-refractivity contribution in [2.24, 2.45) is 0 Å². The molecule has 3 rings (SSSR count). The Bertz CT molecular complexity index is 615. The van der Waals surface area contributed by atoms with E-state index in [4.69, 9.17) is 4.74 Å². The number of hydrogen-bond donors (Lipinski definition) is 1. The van der Waals surface area contributed by atoms with Gasteiger partial charge in [-0.25, -0.2) is 4.98 Å². The van der Waals surface area contributed by atoms with Crippen molar-refractivity contribution in [2.75, 3.05) is 0 Å². The van der Waals surface area contributed by atoms with Crippen molar-refractivity contribution in [1.29, 1.82) is 0 Å². The molecule has 0 saturated heterocycles. The van der Waals surface area contributed by atoms with E-state index in [1.165, 1.54) is 11.1 Å². The fraction of sp³-hybridized carbons (Fsp3) is 0.312. The second-order valence-corrected chi connectivity index (χ2v) is 5.89. The molecular formula is C16H16BrNO2. The Balaban J connectivity index is 1.89. The first-order chi connectivity index (χ1) is 9.78. The molecule has 20 heavy (non-hydrogen) atoms.